The average Bonchev–Trinajstić information content (AvgIpc) is 3.18. The van der Waals surface area contributed by atoms with Gasteiger partial charge in [0, 0.05) is 15.8 Å². The fraction of sp³-hybridized carbons (Fsp3) is 0.333. The summed E-state index contributed by atoms with van der Waals surface area (Å²) in [6, 6.07) is 4.33. The molecule has 0 bridgehead atoms. The molecule has 1 aliphatic rings. The van der Waals surface area contributed by atoms with E-state index in [0.717, 1.165) is 39.9 Å². The Morgan fingerprint density at radius 2 is 2.09 bits per heavy atom. The molecule has 23 heavy (non-hydrogen) atoms. The van der Waals surface area contributed by atoms with E-state index in [0.29, 0.717) is 11.6 Å². The first-order valence-electron chi connectivity index (χ1n) is 7.86. The number of hydrogen-bond acceptors (Lipinski definition) is 4. The second-order valence-corrected chi connectivity index (χ2v) is 7.32. The Labute approximate surface area is 138 Å². The molecule has 118 valence electrons. The number of anilines is 1. The van der Waals surface area contributed by atoms with Gasteiger partial charge in [-0.1, -0.05) is 0 Å². The molecule has 0 saturated heterocycles. The molecule has 0 radical (unpaired) electrons. The second kappa shape index (κ2) is 5.49. The van der Waals surface area contributed by atoms with Crippen LogP contribution in [0.4, 0.5) is 5.13 Å². The fourth-order valence-electron chi connectivity index (χ4n) is 3.15. The lowest BCUT2D eigenvalue weighted by Gasteiger charge is -2.02. The molecule has 1 N–H and O–H groups in total. The van der Waals surface area contributed by atoms with Crippen LogP contribution in [-0.2, 0) is 24.1 Å². The van der Waals surface area contributed by atoms with Crippen molar-refractivity contribution in [2.75, 3.05) is 5.32 Å². The number of rotatable bonds is 3. The van der Waals surface area contributed by atoms with Crippen LogP contribution >= 0.6 is 11.3 Å². The van der Waals surface area contributed by atoms with Crippen molar-refractivity contribution in [2.45, 2.75) is 39.5 Å². The van der Waals surface area contributed by atoms with Gasteiger partial charge >= 0.3 is 0 Å². The predicted octanol–water partition coefficient (Wildman–Crippen LogP) is 4.18. The number of nitrogens with one attached hydrogen (secondary N) is 1. The first kappa shape index (κ1) is 14.5. The van der Waals surface area contributed by atoms with Gasteiger partial charge in [-0.05, 0) is 56.4 Å². The molecule has 0 fully saturated rings. The summed E-state index contributed by atoms with van der Waals surface area (Å²) in [5.41, 5.74) is 5.57. The van der Waals surface area contributed by atoms with Crippen LogP contribution in [0.15, 0.2) is 22.8 Å². The minimum Gasteiger partial charge on any atom is -0.464 e. The number of amides is 1. The highest BCUT2D eigenvalue weighted by atomic mass is 32.1. The summed E-state index contributed by atoms with van der Waals surface area (Å²) in [5, 5.41) is 4.61. The average molecular weight is 326 g/mol. The molecule has 0 aliphatic heterocycles. The van der Waals surface area contributed by atoms with Crippen LogP contribution in [0.25, 0.3) is 11.0 Å². The first-order valence-corrected chi connectivity index (χ1v) is 8.67. The summed E-state index contributed by atoms with van der Waals surface area (Å²) in [6.07, 6.45) is 5.48. The molecule has 1 aromatic carbocycles. The fourth-order valence-corrected chi connectivity index (χ4v) is 3.98. The number of hydrogen-bond donors (Lipinski definition) is 1. The number of carbonyl (C=O) groups excluding carboxylic acids is 1. The first-order chi connectivity index (χ1) is 11.1. The largest absolute Gasteiger partial charge is 0.464 e. The van der Waals surface area contributed by atoms with Gasteiger partial charge in [-0.25, -0.2) is 4.98 Å². The van der Waals surface area contributed by atoms with Crippen molar-refractivity contribution in [3.63, 3.8) is 0 Å². The number of aromatic nitrogens is 1. The molecule has 4 nitrogen and oxygen atoms in total. The van der Waals surface area contributed by atoms with Crippen LogP contribution in [0.2, 0.25) is 0 Å². The maximum absolute atomic E-state index is 12.3. The number of aryl methyl sites for hydroxylation is 4. The van der Waals surface area contributed by atoms with Gasteiger partial charge in [-0.2, -0.15) is 0 Å². The molecule has 0 saturated carbocycles. The van der Waals surface area contributed by atoms with Crippen LogP contribution in [0.1, 0.15) is 33.7 Å². The Morgan fingerprint density at radius 1 is 1.30 bits per heavy atom. The van der Waals surface area contributed by atoms with E-state index < -0.39 is 0 Å². The highest BCUT2D eigenvalue weighted by molar-refractivity contribution is 7.15. The van der Waals surface area contributed by atoms with Gasteiger partial charge in [0.1, 0.15) is 5.58 Å². The topological polar surface area (TPSA) is 55.1 Å². The van der Waals surface area contributed by atoms with Gasteiger partial charge in [-0.15, -0.1) is 11.3 Å². The van der Waals surface area contributed by atoms with Crippen LogP contribution in [0, 0.1) is 13.8 Å². The molecule has 2 aromatic heterocycles. The highest BCUT2D eigenvalue weighted by Crippen LogP contribution is 2.30. The molecule has 2 heterocycles. The van der Waals surface area contributed by atoms with Crippen molar-refractivity contribution in [1.82, 2.24) is 4.98 Å². The number of benzene rings is 1. The third-order valence-electron chi connectivity index (χ3n) is 4.49. The molecular formula is C18H18N2O2S. The lowest BCUT2D eigenvalue weighted by Crippen LogP contribution is -2.14. The summed E-state index contributed by atoms with van der Waals surface area (Å²) in [7, 11) is 0. The number of carbonyl (C=O) groups is 1. The molecule has 0 atom stereocenters. The van der Waals surface area contributed by atoms with Crippen LogP contribution in [0.5, 0.6) is 0 Å². The molecule has 0 spiro atoms. The number of thiazole rings is 1. The Balaban J connectivity index is 1.56. The van der Waals surface area contributed by atoms with Gasteiger partial charge < -0.3 is 9.73 Å². The van der Waals surface area contributed by atoms with Crippen molar-refractivity contribution in [1.29, 1.82) is 0 Å². The maximum Gasteiger partial charge on any atom is 0.230 e. The van der Waals surface area contributed by atoms with Crippen molar-refractivity contribution in [3.8, 4) is 0 Å². The SMILES string of the molecule is Cc1nc(NC(=O)Cc2coc3cc4c(cc23)CCC4)sc1C. The van der Waals surface area contributed by atoms with Gasteiger partial charge in [0.15, 0.2) is 5.13 Å². The van der Waals surface area contributed by atoms with Crippen molar-refractivity contribution in [3.05, 3.63) is 45.7 Å². The molecule has 1 amide bonds. The predicted molar refractivity (Wildman–Crippen MR) is 92.2 cm³/mol. The normalized spacial score (nSPS) is 13.5. The zero-order chi connectivity index (χ0) is 16.0. The van der Waals surface area contributed by atoms with E-state index >= 15 is 0 Å². The van der Waals surface area contributed by atoms with Crippen LogP contribution in [-0.4, -0.2) is 10.9 Å². The highest BCUT2D eigenvalue weighted by Gasteiger charge is 2.17. The zero-order valence-electron chi connectivity index (χ0n) is 13.2. The number of fused-ring (bicyclic) bond motifs is 2. The summed E-state index contributed by atoms with van der Waals surface area (Å²) in [6.45, 7) is 3.96. The van der Waals surface area contributed by atoms with E-state index in [4.69, 9.17) is 4.42 Å². The Hall–Kier alpha value is -2.14. The van der Waals surface area contributed by atoms with E-state index in [9.17, 15) is 4.79 Å². The monoisotopic (exact) mass is 326 g/mol. The Bertz CT molecular complexity index is 888. The van der Waals surface area contributed by atoms with Crippen LogP contribution < -0.4 is 5.32 Å². The zero-order valence-corrected chi connectivity index (χ0v) is 14.0. The standard InChI is InChI=1S/C18H18N2O2S/c1-10-11(2)23-18(19-10)20-17(21)8-14-9-22-16-7-13-5-3-4-12(13)6-15(14)16/h6-7,9H,3-5,8H2,1-2H3,(H,19,20,21). The summed E-state index contributed by atoms with van der Waals surface area (Å²) < 4.78 is 5.66. The lowest BCUT2D eigenvalue weighted by molar-refractivity contribution is -0.115. The minimum absolute atomic E-state index is 0.0538. The summed E-state index contributed by atoms with van der Waals surface area (Å²) >= 11 is 1.51. The van der Waals surface area contributed by atoms with Gasteiger partial charge in [-0.3, -0.25) is 4.79 Å². The quantitative estimate of drug-likeness (QED) is 0.785. The van der Waals surface area contributed by atoms with Gasteiger partial charge in [0.2, 0.25) is 5.91 Å². The van der Waals surface area contributed by atoms with Crippen LogP contribution in [0.3, 0.4) is 0 Å². The van der Waals surface area contributed by atoms with E-state index in [1.165, 1.54) is 28.9 Å². The maximum atomic E-state index is 12.3. The van der Waals surface area contributed by atoms with Gasteiger partial charge in [0.25, 0.3) is 0 Å². The molecule has 3 aromatic rings. The molecule has 4 rings (SSSR count). The number of nitrogens with zero attached hydrogens (tertiary/aromatic N) is 1. The van der Waals surface area contributed by atoms with E-state index in [-0.39, 0.29) is 5.91 Å². The third-order valence-corrected chi connectivity index (χ3v) is 5.48. The molecular weight excluding hydrogens is 308 g/mol. The summed E-state index contributed by atoms with van der Waals surface area (Å²) in [5.74, 6) is -0.0538. The molecule has 0 unspecified atom stereocenters. The number of furan rings is 1. The third kappa shape index (κ3) is 2.65. The van der Waals surface area contributed by atoms with Crippen molar-refractivity contribution in [2.24, 2.45) is 0 Å². The van der Waals surface area contributed by atoms with Crippen molar-refractivity contribution >= 4 is 33.3 Å². The molecule has 1 aliphatic carbocycles. The Morgan fingerprint density at radius 3 is 2.83 bits per heavy atom. The smallest absolute Gasteiger partial charge is 0.230 e. The summed E-state index contributed by atoms with van der Waals surface area (Å²) in [4.78, 5) is 17.8. The van der Waals surface area contributed by atoms with Gasteiger partial charge in [0.05, 0.1) is 18.4 Å². The molecule has 5 heteroatoms. The van der Waals surface area contributed by atoms with E-state index in [2.05, 4.69) is 22.4 Å². The van der Waals surface area contributed by atoms with E-state index in [1.54, 1.807) is 6.26 Å². The lowest BCUT2D eigenvalue weighted by atomic mass is 10.0. The minimum atomic E-state index is -0.0538. The van der Waals surface area contributed by atoms with Crippen molar-refractivity contribution < 1.29 is 9.21 Å². The second-order valence-electron chi connectivity index (χ2n) is 6.12. The van der Waals surface area contributed by atoms with E-state index in [1.807, 2.05) is 13.8 Å². The Kier molecular flexibility index (Phi) is 3.45.